The van der Waals surface area contributed by atoms with Gasteiger partial charge in [0.25, 0.3) is 0 Å². The number of carbonyl (C=O) groups excluding carboxylic acids is 2. The van der Waals surface area contributed by atoms with Gasteiger partial charge in [0.2, 0.25) is 11.8 Å². The third kappa shape index (κ3) is 1.53. The Labute approximate surface area is 102 Å². The van der Waals surface area contributed by atoms with Gasteiger partial charge in [0.05, 0.1) is 0 Å². The zero-order valence-corrected chi connectivity index (χ0v) is 10.5. The lowest BCUT2D eigenvalue weighted by molar-refractivity contribution is -0.146. The standard InChI is InChI=1S/C13H20N2O2/c1-8-12(17)14-11(16)7-13(8)5-9-3-4-10(6-13)15(9)2/h8-10H,3-7H2,1-2H3,(H,14,16,17). The van der Waals surface area contributed by atoms with Crippen LogP contribution in [0.5, 0.6) is 0 Å². The van der Waals surface area contributed by atoms with Gasteiger partial charge < -0.3 is 4.90 Å². The van der Waals surface area contributed by atoms with Crippen molar-refractivity contribution in [2.45, 2.75) is 51.1 Å². The van der Waals surface area contributed by atoms with Gasteiger partial charge in [-0.05, 0) is 38.1 Å². The van der Waals surface area contributed by atoms with E-state index < -0.39 is 0 Å². The van der Waals surface area contributed by atoms with Crippen molar-refractivity contribution in [2.24, 2.45) is 11.3 Å². The first kappa shape index (κ1) is 11.2. The molecule has 3 aliphatic rings. The van der Waals surface area contributed by atoms with E-state index >= 15 is 0 Å². The summed E-state index contributed by atoms with van der Waals surface area (Å²) in [5, 5.41) is 2.47. The molecular weight excluding hydrogens is 216 g/mol. The molecule has 3 aliphatic heterocycles. The minimum Gasteiger partial charge on any atom is -0.300 e. The lowest BCUT2D eigenvalue weighted by Gasteiger charge is -2.49. The monoisotopic (exact) mass is 236 g/mol. The molecule has 3 saturated heterocycles. The van der Waals surface area contributed by atoms with Crippen molar-refractivity contribution in [2.75, 3.05) is 7.05 Å². The normalized spacial score (nSPS) is 46.4. The SMILES string of the molecule is CC1C(=O)NC(=O)CC12CC1CCC(C2)N1C. The van der Waals surface area contributed by atoms with E-state index in [0.29, 0.717) is 18.5 Å². The summed E-state index contributed by atoms with van der Waals surface area (Å²) in [4.78, 5) is 26.0. The predicted octanol–water partition coefficient (Wildman–Crippen LogP) is 0.912. The molecule has 4 heteroatoms. The van der Waals surface area contributed by atoms with Gasteiger partial charge in [-0.3, -0.25) is 14.9 Å². The Morgan fingerprint density at radius 1 is 1.24 bits per heavy atom. The van der Waals surface area contributed by atoms with Crippen LogP contribution in [-0.2, 0) is 9.59 Å². The fourth-order valence-corrected chi connectivity index (χ4v) is 4.14. The van der Waals surface area contributed by atoms with Crippen molar-refractivity contribution in [3.05, 3.63) is 0 Å². The number of piperidine rings is 2. The molecule has 2 amide bonds. The van der Waals surface area contributed by atoms with E-state index in [2.05, 4.69) is 17.3 Å². The van der Waals surface area contributed by atoms with E-state index in [1.54, 1.807) is 0 Å². The summed E-state index contributed by atoms with van der Waals surface area (Å²) in [5.41, 5.74) is -0.0578. The summed E-state index contributed by atoms with van der Waals surface area (Å²) in [6, 6.07) is 1.16. The van der Waals surface area contributed by atoms with Crippen molar-refractivity contribution < 1.29 is 9.59 Å². The fourth-order valence-electron chi connectivity index (χ4n) is 4.14. The molecule has 0 radical (unpaired) electrons. The maximum Gasteiger partial charge on any atom is 0.229 e. The molecule has 17 heavy (non-hydrogen) atoms. The van der Waals surface area contributed by atoms with Crippen LogP contribution in [0.1, 0.15) is 39.0 Å². The summed E-state index contributed by atoms with van der Waals surface area (Å²) in [6.07, 6.45) is 5.03. The quantitative estimate of drug-likeness (QED) is 0.636. The lowest BCUT2D eigenvalue weighted by Crippen LogP contribution is -2.57. The molecule has 94 valence electrons. The number of hydrogen-bond donors (Lipinski definition) is 1. The molecule has 0 aromatic heterocycles. The topological polar surface area (TPSA) is 49.4 Å². The van der Waals surface area contributed by atoms with Crippen LogP contribution in [0.4, 0.5) is 0 Å². The lowest BCUT2D eigenvalue weighted by atomic mass is 9.63. The van der Waals surface area contributed by atoms with Crippen molar-refractivity contribution in [3.8, 4) is 0 Å². The molecule has 0 aliphatic carbocycles. The highest BCUT2D eigenvalue weighted by Crippen LogP contribution is 2.52. The Morgan fingerprint density at radius 2 is 1.82 bits per heavy atom. The van der Waals surface area contributed by atoms with Gasteiger partial charge in [0.1, 0.15) is 0 Å². The Morgan fingerprint density at radius 3 is 2.41 bits per heavy atom. The van der Waals surface area contributed by atoms with Gasteiger partial charge >= 0.3 is 0 Å². The number of hydrogen-bond acceptors (Lipinski definition) is 3. The van der Waals surface area contributed by atoms with Crippen molar-refractivity contribution >= 4 is 11.8 Å². The van der Waals surface area contributed by atoms with E-state index in [1.807, 2.05) is 6.92 Å². The number of amides is 2. The predicted molar refractivity (Wildman–Crippen MR) is 63.2 cm³/mol. The molecule has 4 nitrogen and oxygen atoms in total. The molecule has 3 rings (SSSR count). The summed E-state index contributed by atoms with van der Waals surface area (Å²) in [7, 11) is 2.19. The Kier molecular flexibility index (Phi) is 2.34. The average Bonchev–Trinajstić information content (AvgIpc) is 2.51. The smallest absolute Gasteiger partial charge is 0.229 e. The molecule has 3 fully saturated rings. The zero-order valence-electron chi connectivity index (χ0n) is 10.5. The number of nitrogens with one attached hydrogen (secondary N) is 1. The molecule has 3 atom stereocenters. The van der Waals surface area contributed by atoms with Gasteiger partial charge in [-0.2, -0.15) is 0 Å². The third-order valence-corrected chi connectivity index (χ3v) is 5.36. The van der Waals surface area contributed by atoms with E-state index in [1.165, 1.54) is 12.8 Å². The first-order valence-corrected chi connectivity index (χ1v) is 6.57. The average molecular weight is 236 g/mol. The highest BCUT2D eigenvalue weighted by Gasteiger charge is 2.53. The van der Waals surface area contributed by atoms with Gasteiger partial charge in [-0.1, -0.05) is 6.92 Å². The molecular formula is C13H20N2O2. The number of fused-ring (bicyclic) bond motifs is 2. The molecule has 1 spiro atoms. The van der Waals surface area contributed by atoms with E-state index in [9.17, 15) is 9.59 Å². The molecule has 0 aromatic carbocycles. The second-order valence-electron chi connectivity index (χ2n) is 6.13. The van der Waals surface area contributed by atoms with E-state index in [0.717, 1.165) is 12.8 Å². The van der Waals surface area contributed by atoms with Crippen LogP contribution >= 0.6 is 0 Å². The van der Waals surface area contributed by atoms with Crippen LogP contribution in [0.15, 0.2) is 0 Å². The summed E-state index contributed by atoms with van der Waals surface area (Å²) < 4.78 is 0. The largest absolute Gasteiger partial charge is 0.300 e. The molecule has 0 aromatic rings. The first-order chi connectivity index (χ1) is 8.02. The van der Waals surface area contributed by atoms with Crippen LogP contribution in [0.2, 0.25) is 0 Å². The zero-order chi connectivity index (χ0) is 12.2. The fraction of sp³-hybridized carbons (Fsp3) is 0.846. The maximum absolute atomic E-state index is 11.8. The van der Waals surface area contributed by atoms with Crippen molar-refractivity contribution in [1.82, 2.24) is 10.2 Å². The second kappa shape index (κ2) is 3.55. The Bertz CT molecular complexity index is 366. The van der Waals surface area contributed by atoms with E-state index in [-0.39, 0.29) is 23.1 Å². The number of carbonyl (C=O) groups is 2. The number of rotatable bonds is 0. The van der Waals surface area contributed by atoms with Gasteiger partial charge in [0, 0.05) is 24.4 Å². The van der Waals surface area contributed by atoms with Crippen molar-refractivity contribution in [1.29, 1.82) is 0 Å². The molecule has 3 heterocycles. The second-order valence-corrected chi connectivity index (χ2v) is 6.13. The van der Waals surface area contributed by atoms with Crippen LogP contribution < -0.4 is 5.32 Å². The maximum atomic E-state index is 11.8. The Hall–Kier alpha value is -0.900. The van der Waals surface area contributed by atoms with Crippen molar-refractivity contribution in [3.63, 3.8) is 0 Å². The molecule has 2 bridgehead atoms. The third-order valence-electron chi connectivity index (χ3n) is 5.36. The van der Waals surface area contributed by atoms with Gasteiger partial charge in [-0.25, -0.2) is 0 Å². The summed E-state index contributed by atoms with van der Waals surface area (Å²) >= 11 is 0. The highest BCUT2D eigenvalue weighted by atomic mass is 16.2. The highest BCUT2D eigenvalue weighted by molar-refractivity contribution is 5.99. The summed E-state index contributed by atoms with van der Waals surface area (Å²) in [6.45, 7) is 1.99. The molecule has 3 unspecified atom stereocenters. The Balaban J connectivity index is 1.91. The minimum absolute atomic E-state index is 0.0167. The van der Waals surface area contributed by atoms with Crippen LogP contribution in [0, 0.1) is 11.3 Å². The first-order valence-electron chi connectivity index (χ1n) is 6.57. The van der Waals surface area contributed by atoms with Crippen LogP contribution in [0.25, 0.3) is 0 Å². The molecule has 0 saturated carbocycles. The molecule has 1 N–H and O–H groups in total. The number of nitrogens with zero attached hydrogens (tertiary/aromatic N) is 1. The minimum atomic E-state index is -0.0722. The summed E-state index contributed by atoms with van der Waals surface area (Å²) in [5.74, 6) is -0.153. The van der Waals surface area contributed by atoms with E-state index in [4.69, 9.17) is 0 Å². The van der Waals surface area contributed by atoms with Crippen LogP contribution in [-0.4, -0.2) is 35.8 Å². The number of imide groups is 1. The van der Waals surface area contributed by atoms with Gasteiger partial charge in [-0.15, -0.1) is 0 Å². The van der Waals surface area contributed by atoms with Crippen LogP contribution in [0.3, 0.4) is 0 Å². The van der Waals surface area contributed by atoms with Gasteiger partial charge in [0.15, 0.2) is 0 Å².